The van der Waals surface area contributed by atoms with Gasteiger partial charge in [-0.2, -0.15) is 0 Å². The molecule has 0 atom stereocenters. The first kappa shape index (κ1) is 23.8. The van der Waals surface area contributed by atoms with Gasteiger partial charge in [-0.3, -0.25) is 9.52 Å². The molecular formula is C23H26N4O5S2. The summed E-state index contributed by atoms with van der Waals surface area (Å²) in [7, 11) is -0.683. The van der Waals surface area contributed by atoms with Gasteiger partial charge in [0.05, 0.1) is 30.5 Å². The molecule has 1 amide bonds. The Balaban J connectivity index is 1.43. The average Bonchev–Trinajstić information content (AvgIpc) is 3.22. The molecule has 0 saturated carbocycles. The van der Waals surface area contributed by atoms with Crippen LogP contribution < -0.4 is 19.1 Å². The number of sulfonamides is 1. The quantitative estimate of drug-likeness (QED) is 0.529. The predicted molar refractivity (Wildman–Crippen MR) is 132 cm³/mol. The molecule has 1 aromatic heterocycles. The molecule has 1 aliphatic heterocycles. The summed E-state index contributed by atoms with van der Waals surface area (Å²) < 4.78 is 38.4. The topological polar surface area (TPSA) is 101 Å². The Morgan fingerprint density at radius 1 is 1.00 bits per heavy atom. The van der Waals surface area contributed by atoms with Crippen molar-refractivity contribution in [1.82, 2.24) is 9.88 Å². The number of ether oxygens (including phenoxy) is 2. The highest BCUT2D eigenvalue weighted by Crippen LogP contribution is 2.30. The monoisotopic (exact) mass is 502 g/mol. The van der Waals surface area contributed by atoms with Crippen LogP contribution >= 0.6 is 11.3 Å². The first-order valence-corrected chi connectivity index (χ1v) is 12.9. The minimum absolute atomic E-state index is 0.0847. The van der Waals surface area contributed by atoms with Crippen LogP contribution in [0.2, 0.25) is 0 Å². The van der Waals surface area contributed by atoms with Crippen LogP contribution in [0.1, 0.15) is 15.4 Å². The predicted octanol–water partition coefficient (Wildman–Crippen LogP) is 3.23. The zero-order valence-corrected chi connectivity index (χ0v) is 20.8. The number of nitrogens with zero attached hydrogens (tertiary/aromatic N) is 3. The Bertz CT molecular complexity index is 1270. The lowest BCUT2D eigenvalue weighted by molar-refractivity contribution is 0.0750. The minimum atomic E-state index is -3.84. The Labute approximate surface area is 203 Å². The molecule has 0 unspecified atom stereocenters. The van der Waals surface area contributed by atoms with E-state index in [2.05, 4.69) is 14.6 Å². The third-order valence-electron chi connectivity index (χ3n) is 5.57. The molecule has 0 spiro atoms. The zero-order chi connectivity index (χ0) is 24.3. The van der Waals surface area contributed by atoms with Crippen molar-refractivity contribution < 1.29 is 22.7 Å². The van der Waals surface area contributed by atoms with Gasteiger partial charge in [0.1, 0.15) is 16.4 Å². The SMILES string of the molecule is COc1ccc(S(=O)(=O)Nc2nc(C)c(C(=O)N3CCN(c4ccccc4OC)CC3)s2)cc1. The van der Waals surface area contributed by atoms with Gasteiger partial charge in [0.15, 0.2) is 5.13 Å². The molecule has 0 bridgehead atoms. The van der Waals surface area contributed by atoms with Crippen molar-refractivity contribution in [3.8, 4) is 11.5 Å². The van der Waals surface area contributed by atoms with Crippen LogP contribution in [-0.4, -0.2) is 64.6 Å². The highest BCUT2D eigenvalue weighted by Gasteiger charge is 2.27. The van der Waals surface area contributed by atoms with Gasteiger partial charge in [-0.25, -0.2) is 13.4 Å². The molecule has 2 heterocycles. The molecule has 11 heteroatoms. The van der Waals surface area contributed by atoms with Crippen molar-refractivity contribution in [2.75, 3.05) is 50.0 Å². The summed E-state index contributed by atoms with van der Waals surface area (Å²) >= 11 is 1.04. The summed E-state index contributed by atoms with van der Waals surface area (Å²) in [6.07, 6.45) is 0. The standard InChI is InChI=1S/C23H26N4O5S2/c1-16-21(33-23(24-16)25-34(29,30)18-10-8-17(31-2)9-11-18)22(28)27-14-12-26(13-15-27)19-6-4-5-7-20(19)32-3/h4-11H,12-15H2,1-3H3,(H,24,25). The van der Waals surface area contributed by atoms with Gasteiger partial charge in [0, 0.05) is 26.2 Å². The second-order valence-electron chi connectivity index (χ2n) is 7.67. The fourth-order valence-electron chi connectivity index (χ4n) is 3.75. The number of thiazole rings is 1. The molecule has 1 fully saturated rings. The highest BCUT2D eigenvalue weighted by atomic mass is 32.2. The molecule has 3 aromatic rings. The first-order chi connectivity index (χ1) is 16.3. The van der Waals surface area contributed by atoms with E-state index in [1.54, 1.807) is 31.1 Å². The molecule has 9 nitrogen and oxygen atoms in total. The van der Waals surface area contributed by atoms with Crippen molar-refractivity contribution in [3.05, 3.63) is 59.1 Å². The van der Waals surface area contributed by atoms with Gasteiger partial charge in [0.25, 0.3) is 15.9 Å². The Morgan fingerprint density at radius 2 is 1.68 bits per heavy atom. The van der Waals surface area contributed by atoms with E-state index in [9.17, 15) is 13.2 Å². The van der Waals surface area contributed by atoms with Crippen molar-refractivity contribution in [1.29, 1.82) is 0 Å². The van der Waals surface area contributed by atoms with Crippen LogP contribution in [0.3, 0.4) is 0 Å². The number of rotatable bonds is 7. The normalized spacial score (nSPS) is 14.1. The van der Waals surface area contributed by atoms with Crippen LogP contribution in [0.15, 0.2) is 53.4 Å². The number of anilines is 2. The summed E-state index contributed by atoms with van der Waals surface area (Å²) in [6, 6.07) is 13.9. The molecule has 0 radical (unpaired) electrons. The van der Waals surface area contributed by atoms with E-state index in [1.165, 1.54) is 19.2 Å². The van der Waals surface area contributed by atoms with E-state index in [1.807, 2.05) is 24.3 Å². The van der Waals surface area contributed by atoms with Gasteiger partial charge < -0.3 is 19.3 Å². The molecule has 34 heavy (non-hydrogen) atoms. The summed E-state index contributed by atoms with van der Waals surface area (Å²) in [6.45, 7) is 4.13. The maximum absolute atomic E-state index is 13.2. The van der Waals surface area contributed by atoms with Crippen molar-refractivity contribution in [2.24, 2.45) is 0 Å². The third kappa shape index (κ3) is 4.95. The molecule has 1 saturated heterocycles. The zero-order valence-electron chi connectivity index (χ0n) is 19.1. The Hall–Kier alpha value is -3.31. The van der Waals surface area contributed by atoms with Crippen molar-refractivity contribution in [2.45, 2.75) is 11.8 Å². The van der Waals surface area contributed by atoms with Crippen LogP contribution in [-0.2, 0) is 10.0 Å². The van der Waals surface area contributed by atoms with E-state index in [0.717, 1.165) is 22.8 Å². The number of hydrogen-bond acceptors (Lipinski definition) is 8. The lowest BCUT2D eigenvalue weighted by Crippen LogP contribution is -2.48. The van der Waals surface area contributed by atoms with Crippen molar-refractivity contribution >= 4 is 38.1 Å². The molecule has 2 aromatic carbocycles. The molecular weight excluding hydrogens is 476 g/mol. The Morgan fingerprint density at radius 3 is 2.32 bits per heavy atom. The molecule has 4 rings (SSSR count). The number of methoxy groups -OCH3 is 2. The van der Waals surface area contributed by atoms with Crippen LogP contribution in [0.25, 0.3) is 0 Å². The molecule has 180 valence electrons. The van der Waals surface area contributed by atoms with E-state index < -0.39 is 10.0 Å². The maximum Gasteiger partial charge on any atom is 0.266 e. The fourth-order valence-corrected chi connectivity index (χ4v) is 5.92. The number of hydrogen-bond donors (Lipinski definition) is 1. The van der Waals surface area contributed by atoms with E-state index in [4.69, 9.17) is 9.47 Å². The number of carbonyl (C=O) groups excluding carboxylic acids is 1. The third-order valence-corrected chi connectivity index (χ3v) is 8.12. The van der Waals surface area contributed by atoms with Crippen LogP contribution in [0.5, 0.6) is 11.5 Å². The van der Waals surface area contributed by atoms with E-state index in [0.29, 0.717) is 42.5 Å². The van der Waals surface area contributed by atoms with Gasteiger partial charge in [-0.05, 0) is 43.3 Å². The number of carbonyl (C=O) groups is 1. The smallest absolute Gasteiger partial charge is 0.266 e. The lowest BCUT2D eigenvalue weighted by atomic mass is 10.2. The van der Waals surface area contributed by atoms with Gasteiger partial charge >= 0.3 is 0 Å². The number of para-hydroxylation sites is 2. The second-order valence-corrected chi connectivity index (χ2v) is 10.3. The number of aryl methyl sites for hydroxylation is 1. The van der Waals surface area contributed by atoms with Gasteiger partial charge in [-0.15, -0.1) is 0 Å². The minimum Gasteiger partial charge on any atom is -0.497 e. The molecule has 1 N–H and O–H groups in total. The number of nitrogens with one attached hydrogen (secondary N) is 1. The van der Waals surface area contributed by atoms with E-state index >= 15 is 0 Å². The van der Waals surface area contributed by atoms with Crippen molar-refractivity contribution in [3.63, 3.8) is 0 Å². The summed E-state index contributed by atoms with van der Waals surface area (Å²) in [4.78, 5) is 21.9. The van der Waals surface area contributed by atoms with Crippen LogP contribution in [0, 0.1) is 6.92 Å². The summed E-state index contributed by atoms with van der Waals surface area (Å²) in [5, 5.41) is 0.157. The Kier molecular flexibility index (Phi) is 6.94. The summed E-state index contributed by atoms with van der Waals surface area (Å²) in [5.41, 5.74) is 1.50. The lowest BCUT2D eigenvalue weighted by Gasteiger charge is -2.36. The first-order valence-electron chi connectivity index (χ1n) is 10.6. The number of aromatic nitrogens is 1. The second kappa shape index (κ2) is 9.90. The van der Waals surface area contributed by atoms with Crippen LogP contribution in [0.4, 0.5) is 10.8 Å². The molecule has 0 aliphatic carbocycles. The highest BCUT2D eigenvalue weighted by molar-refractivity contribution is 7.93. The largest absolute Gasteiger partial charge is 0.497 e. The molecule has 1 aliphatic rings. The van der Waals surface area contributed by atoms with Gasteiger partial charge in [0.2, 0.25) is 0 Å². The maximum atomic E-state index is 13.2. The average molecular weight is 503 g/mol. The summed E-state index contributed by atoms with van der Waals surface area (Å²) in [5.74, 6) is 1.21. The number of benzene rings is 2. The van der Waals surface area contributed by atoms with Gasteiger partial charge in [-0.1, -0.05) is 23.5 Å². The fraction of sp³-hybridized carbons (Fsp3) is 0.304. The number of amides is 1. The number of piperazine rings is 1. The van der Waals surface area contributed by atoms with E-state index in [-0.39, 0.29) is 15.9 Å².